The van der Waals surface area contributed by atoms with Crippen LogP contribution in [-0.4, -0.2) is 44.2 Å². The lowest BCUT2D eigenvalue weighted by atomic mass is 10.1. The quantitative estimate of drug-likeness (QED) is 0.800. The molecule has 4 heteroatoms. The largest absolute Gasteiger partial charge is 0.385 e. The molecule has 4 nitrogen and oxygen atoms in total. The Bertz CT molecular complexity index is 458. The molecule has 0 heterocycles. The lowest BCUT2D eigenvalue weighted by Gasteiger charge is -2.25. The molecule has 0 aliphatic heterocycles. The summed E-state index contributed by atoms with van der Waals surface area (Å²) in [6, 6.07) is 5.97. The molecule has 118 valence electrons. The summed E-state index contributed by atoms with van der Waals surface area (Å²) in [6.07, 6.45) is 0. The van der Waals surface area contributed by atoms with E-state index in [0.717, 1.165) is 29.9 Å². The maximum absolute atomic E-state index is 12.9. The number of aryl methyl sites for hydroxylation is 1. The van der Waals surface area contributed by atoms with E-state index in [1.54, 1.807) is 7.11 Å². The standard InChI is InChI=1S/C17H28N2O2/c1-6-18-16-8-7-14(4)11-15(16)17(20)19(9-10-21-5)12-13(2)3/h7-8,11,13,18H,6,9-10,12H2,1-5H3. The number of rotatable bonds is 8. The predicted molar refractivity (Wildman–Crippen MR) is 88.0 cm³/mol. The fourth-order valence-electron chi connectivity index (χ4n) is 2.27. The number of hydrogen-bond acceptors (Lipinski definition) is 3. The highest BCUT2D eigenvalue weighted by molar-refractivity contribution is 5.99. The van der Waals surface area contributed by atoms with Gasteiger partial charge in [0, 0.05) is 32.4 Å². The van der Waals surface area contributed by atoms with Crippen molar-refractivity contribution in [3.05, 3.63) is 29.3 Å². The number of ether oxygens (including phenoxy) is 1. The van der Waals surface area contributed by atoms with Crippen molar-refractivity contribution < 1.29 is 9.53 Å². The molecule has 21 heavy (non-hydrogen) atoms. The van der Waals surface area contributed by atoms with E-state index in [1.807, 2.05) is 36.9 Å². The summed E-state index contributed by atoms with van der Waals surface area (Å²) in [5.41, 5.74) is 2.74. The van der Waals surface area contributed by atoms with Crippen LogP contribution in [0.15, 0.2) is 18.2 Å². The van der Waals surface area contributed by atoms with Crippen molar-refractivity contribution in [2.45, 2.75) is 27.7 Å². The van der Waals surface area contributed by atoms with Gasteiger partial charge in [-0.05, 0) is 31.9 Å². The van der Waals surface area contributed by atoms with Crippen molar-refractivity contribution in [3.8, 4) is 0 Å². The second-order valence-corrected chi connectivity index (χ2v) is 5.72. The molecule has 0 aromatic heterocycles. The molecule has 0 fully saturated rings. The molecule has 0 bridgehead atoms. The number of anilines is 1. The average molecular weight is 292 g/mol. The van der Waals surface area contributed by atoms with Crippen LogP contribution in [0.1, 0.15) is 36.7 Å². The zero-order chi connectivity index (χ0) is 15.8. The maximum atomic E-state index is 12.9. The van der Waals surface area contributed by atoms with Crippen LogP contribution in [0.3, 0.4) is 0 Å². The Hall–Kier alpha value is -1.55. The molecular formula is C17H28N2O2. The third kappa shape index (κ3) is 5.38. The molecule has 0 saturated carbocycles. The summed E-state index contributed by atoms with van der Waals surface area (Å²) in [4.78, 5) is 14.7. The van der Waals surface area contributed by atoms with Crippen molar-refractivity contribution >= 4 is 11.6 Å². The van der Waals surface area contributed by atoms with Crippen molar-refractivity contribution in [3.63, 3.8) is 0 Å². The molecule has 0 atom stereocenters. The topological polar surface area (TPSA) is 41.6 Å². The molecule has 0 radical (unpaired) electrons. The van der Waals surface area contributed by atoms with Gasteiger partial charge in [-0.2, -0.15) is 0 Å². The summed E-state index contributed by atoms with van der Waals surface area (Å²) in [7, 11) is 1.66. The van der Waals surface area contributed by atoms with Gasteiger partial charge in [-0.15, -0.1) is 0 Å². The van der Waals surface area contributed by atoms with Gasteiger partial charge in [0.2, 0.25) is 0 Å². The second kappa shape index (κ2) is 8.67. The van der Waals surface area contributed by atoms with E-state index in [-0.39, 0.29) is 5.91 Å². The van der Waals surface area contributed by atoms with E-state index >= 15 is 0 Å². The van der Waals surface area contributed by atoms with Gasteiger partial charge in [0.15, 0.2) is 0 Å². The fraction of sp³-hybridized carbons (Fsp3) is 0.588. The molecule has 1 aromatic rings. The number of nitrogens with zero attached hydrogens (tertiary/aromatic N) is 1. The van der Waals surface area contributed by atoms with E-state index in [2.05, 4.69) is 19.2 Å². The van der Waals surface area contributed by atoms with Crippen molar-refractivity contribution in [2.75, 3.05) is 38.7 Å². The number of carbonyl (C=O) groups excluding carboxylic acids is 1. The van der Waals surface area contributed by atoms with Crippen LogP contribution in [0.25, 0.3) is 0 Å². The van der Waals surface area contributed by atoms with Gasteiger partial charge in [-0.3, -0.25) is 4.79 Å². The van der Waals surface area contributed by atoms with Crippen LogP contribution in [-0.2, 0) is 4.74 Å². The smallest absolute Gasteiger partial charge is 0.256 e. The zero-order valence-corrected chi connectivity index (χ0v) is 13.9. The first-order valence-electron chi connectivity index (χ1n) is 7.62. The first-order chi connectivity index (χ1) is 9.99. The third-order valence-corrected chi connectivity index (χ3v) is 3.21. The highest BCUT2D eigenvalue weighted by atomic mass is 16.5. The second-order valence-electron chi connectivity index (χ2n) is 5.72. The molecule has 0 unspecified atom stereocenters. The molecule has 1 aromatic carbocycles. The summed E-state index contributed by atoms with van der Waals surface area (Å²) in [5, 5.41) is 3.27. The summed E-state index contributed by atoms with van der Waals surface area (Å²) >= 11 is 0. The number of carbonyl (C=O) groups is 1. The summed E-state index contributed by atoms with van der Waals surface area (Å²) < 4.78 is 5.13. The van der Waals surface area contributed by atoms with Crippen LogP contribution in [0.2, 0.25) is 0 Å². The van der Waals surface area contributed by atoms with E-state index in [1.165, 1.54) is 0 Å². The van der Waals surface area contributed by atoms with Crippen LogP contribution in [0.4, 0.5) is 5.69 Å². The van der Waals surface area contributed by atoms with Gasteiger partial charge in [-0.1, -0.05) is 25.5 Å². The minimum Gasteiger partial charge on any atom is -0.385 e. The molecule has 0 spiro atoms. The van der Waals surface area contributed by atoms with Crippen molar-refractivity contribution in [1.29, 1.82) is 0 Å². The molecule has 0 aliphatic rings. The fourth-order valence-corrected chi connectivity index (χ4v) is 2.27. The Morgan fingerprint density at radius 1 is 1.38 bits per heavy atom. The number of nitrogens with one attached hydrogen (secondary N) is 1. The first-order valence-corrected chi connectivity index (χ1v) is 7.62. The Morgan fingerprint density at radius 3 is 2.67 bits per heavy atom. The highest BCUT2D eigenvalue weighted by Crippen LogP contribution is 2.20. The maximum Gasteiger partial charge on any atom is 0.256 e. The van der Waals surface area contributed by atoms with E-state index < -0.39 is 0 Å². The van der Waals surface area contributed by atoms with E-state index in [0.29, 0.717) is 19.1 Å². The van der Waals surface area contributed by atoms with Gasteiger partial charge in [0.05, 0.1) is 12.2 Å². The Labute approximate surface area is 128 Å². The Balaban J connectivity index is 3.03. The van der Waals surface area contributed by atoms with Gasteiger partial charge in [0.25, 0.3) is 5.91 Å². The van der Waals surface area contributed by atoms with E-state index in [4.69, 9.17) is 4.74 Å². The number of methoxy groups -OCH3 is 1. The lowest BCUT2D eigenvalue weighted by molar-refractivity contribution is 0.0673. The molecule has 0 aliphatic carbocycles. The van der Waals surface area contributed by atoms with Crippen molar-refractivity contribution in [1.82, 2.24) is 4.90 Å². The summed E-state index contributed by atoms with van der Waals surface area (Å²) in [6.45, 7) is 11.0. The van der Waals surface area contributed by atoms with Crippen LogP contribution >= 0.6 is 0 Å². The number of hydrogen-bond donors (Lipinski definition) is 1. The molecule has 0 saturated heterocycles. The van der Waals surface area contributed by atoms with Gasteiger partial charge in [-0.25, -0.2) is 0 Å². The monoisotopic (exact) mass is 292 g/mol. The average Bonchev–Trinajstić information content (AvgIpc) is 2.44. The van der Waals surface area contributed by atoms with Crippen LogP contribution in [0, 0.1) is 12.8 Å². The minimum atomic E-state index is 0.0698. The van der Waals surface area contributed by atoms with Crippen LogP contribution < -0.4 is 5.32 Å². The van der Waals surface area contributed by atoms with Crippen molar-refractivity contribution in [2.24, 2.45) is 5.92 Å². The lowest BCUT2D eigenvalue weighted by Crippen LogP contribution is -2.37. The highest BCUT2D eigenvalue weighted by Gasteiger charge is 2.19. The number of amides is 1. The Morgan fingerprint density at radius 2 is 2.10 bits per heavy atom. The molecule has 1 amide bonds. The molecular weight excluding hydrogens is 264 g/mol. The SMILES string of the molecule is CCNc1ccc(C)cc1C(=O)N(CCOC)CC(C)C. The van der Waals surface area contributed by atoms with Crippen LogP contribution in [0.5, 0.6) is 0 Å². The minimum absolute atomic E-state index is 0.0698. The van der Waals surface area contributed by atoms with Gasteiger partial charge in [0.1, 0.15) is 0 Å². The predicted octanol–water partition coefficient (Wildman–Crippen LogP) is 3.17. The first kappa shape index (κ1) is 17.5. The van der Waals surface area contributed by atoms with Gasteiger partial charge < -0.3 is 15.0 Å². The zero-order valence-electron chi connectivity index (χ0n) is 13.9. The summed E-state index contributed by atoms with van der Waals surface area (Å²) in [5.74, 6) is 0.499. The molecule has 1 N–H and O–H groups in total. The normalized spacial score (nSPS) is 10.8. The Kier molecular flexibility index (Phi) is 7.23. The molecule has 1 rings (SSSR count). The third-order valence-electron chi connectivity index (χ3n) is 3.21. The number of benzene rings is 1. The van der Waals surface area contributed by atoms with Gasteiger partial charge >= 0.3 is 0 Å². The van der Waals surface area contributed by atoms with E-state index in [9.17, 15) is 4.79 Å².